The van der Waals surface area contributed by atoms with Gasteiger partial charge in [-0.1, -0.05) is 26.0 Å². The van der Waals surface area contributed by atoms with Crippen LogP contribution in [0.5, 0.6) is 5.75 Å². The number of alkyl carbamates (subject to hydrolysis) is 1. The molecule has 0 radical (unpaired) electrons. The summed E-state index contributed by atoms with van der Waals surface area (Å²) in [6.45, 7) is 4.36. The van der Waals surface area contributed by atoms with Gasteiger partial charge in [-0.3, -0.25) is 9.36 Å². The number of hydrogen-bond acceptors (Lipinski definition) is 8. The summed E-state index contributed by atoms with van der Waals surface area (Å²) in [5.74, 6) is 2.96. The molecule has 12 nitrogen and oxygen atoms in total. The summed E-state index contributed by atoms with van der Waals surface area (Å²) in [6, 6.07) is 16.0. The van der Waals surface area contributed by atoms with Gasteiger partial charge in [0, 0.05) is 39.5 Å². The minimum absolute atomic E-state index is 0.131. The molecule has 3 aliphatic heterocycles. The normalized spacial score (nSPS) is 23.7. The molecule has 298 valence electrons. The van der Waals surface area contributed by atoms with E-state index in [0.29, 0.717) is 46.7 Å². The standard InChI is InChI=1S/C44H45FN8O4S/c1-21(2)38(51-44(55)56-3)42(54)52-14-4-5-33(52)41-47-20-31(50-41)24-8-10-26-34(18-24)57-43(36-13-12-35(58-36)22-6-7-22)53-32-11-9-23(15-27(32)37(45)39(26)53)30-19-46-40(49-30)29-17-25-16-28(25)48-29/h8-13,15,18-22,25,28-29,33,38,43,48H,4-7,14,16-17H2,1-3H3,(H,46,49)(H,47,50)(H,51,55)/t25-,28-,29+,33+,38+,43?/m1/s1. The first-order valence-electron chi connectivity index (χ1n) is 20.5. The average molecular weight is 801 g/mol. The summed E-state index contributed by atoms with van der Waals surface area (Å²) >= 11 is 1.75. The third kappa shape index (κ3) is 5.93. The van der Waals surface area contributed by atoms with Crippen LogP contribution in [-0.4, -0.2) is 67.1 Å². The molecule has 2 amide bonds. The number of aromatic nitrogens is 5. The minimum atomic E-state index is -0.720. The highest BCUT2D eigenvalue weighted by atomic mass is 32.1. The van der Waals surface area contributed by atoms with Gasteiger partial charge in [0.05, 0.1) is 59.1 Å². The number of piperidine rings is 1. The molecule has 0 bridgehead atoms. The van der Waals surface area contributed by atoms with Crippen molar-refractivity contribution in [3.63, 3.8) is 0 Å². The van der Waals surface area contributed by atoms with Gasteiger partial charge in [0.1, 0.15) is 23.4 Å². The van der Waals surface area contributed by atoms with E-state index in [2.05, 4.69) is 32.7 Å². The molecule has 11 rings (SSSR count). The predicted octanol–water partition coefficient (Wildman–Crippen LogP) is 8.57. The number of halogens is 1. The number of hydrogen-bond donors (Lipinski definition) is 4. The van der Waals surface area contributed by atoms with Crippen molar-refractivity contribution < 1.29 is 23.5 Å². The molecule has 6 aromatic rings. The fourth-order valence-corrected chi connectivity index (χ4v) is 10.6. The molecule has 2 saturated heterocycles. The zero-order valence-electron chi connectivity index (χ0n) is 32.6. The highest BCUT2D eigenvalue weighted by Gasteiger charge is 2.47. The van der Waals surface area contributed by atoms with E-state index in [1.807, 2.05) is 61.0 Å². The van der Waals surface area contributed by atoms with Crippen LogP contribution in [-0.2, 0) is 9.53 Å². The molecule has 5 aliphatic rings. The number of nitrogens with zero attached hydrogens (tertiary/aromatic N) is 4. The van der Waals surface area contributed by atoms with Gasteiger partial charge in [0.2, 0.25) is 12.1 Å². The van der Waals surface area contributed by atoms with Crippen LogP contribution >= 0.6 is 11.3 Å². The number of rotatable bonds is 9. The number of ether oxygens (including phenoxy) is 2. The number of nitrogens with one attached hydrogen (secondary N) is 4. The maximum Gasteiger partial charge on any atom is 0.407 e. The second-order valence-corrected chi connectivity index (χ2v) is 18.1. The smallest absolute Gasteiger partial charge is 0.407 e. The third-order valence-electron chi connectivity index (χ3n) is 12.8. The Morgan fingerprint density at radius 1 is 0.966 bits per heavy atom. The van der Waals surface area contributed by atoms with Gasteiger partial charge in [-0.2, -0.15) is 0 Å². The molecule has 4 N–H and O–H groups in total. The van der Waals surface area contributed by atoms with E-state index in [9.17, 15) is 9.59 Å². The Kier molecular flexibility index (Phi) is 8.34. The monoisotopic (exact) mass is 800 g/mol. The molecule has 2 aromatic carbocycles. The summed E-state index contributed by atoms with van der Waals surface area (Å²) in [5, 5.41) is 6.91. The summed E-state index contributed by atoms with van der Waals surface area (Å²) in [5.41, 5.74) is 5.29. The predicted molar refractivity (Wildman–Crippen MR) is 218 cm³/mol. The number of methoxy groups -OCH3 is 1. The number of thiophene rings is 1. The van der Waals surface area contributed by atoms with Crippen molar-refractivity contribution in [2.24, 2.45) is 11.8 Å². The second kappa shape index (κ2) is 13.6. The molecular formula is C44H45FN8O4S. The number of benzene rings is 2. The Hall–Kier alpha value is -5.47. The fourth-order valence-electron chi connectivity index (χ4n) is 9.40. The first-order chi connectivity index (χ1) is 28.2. The number of fused-ring (bicyclic) bond motifs is 6. The number of amides is 2. The van der Waals surface area contributed by atoms with Crippen molar-refractivity contribution in [1.29, 1.82) is 0 Å². The molecule has 1 unspecified atom stereocenters. The zero-order valence-corrected chi connectivity index (χ0v) is 33.4. The SMILES string of the molecule is COC(=O)N[C@H](C(=O)N1CCC[C@H]1c1ncc(-c2ccc3c(c2)OC(c2ccc(C4CC4)s2)n2c-3c(F)c3cc(-c4cnc([C@@H]5C[C@H]6C[C@H]6N5)[nH]4)ccc32)[nH]1)C(C)C. The average Bonchev–Trinajstić information content (AvgIpc) is 3.72. The molecule has 4 aromatic heterocycles. The minimum Gasteiger partial charge on any atom is -0.464 e. The van der Waals surface area contributed by atoms with Gasteiger partial charge < -0.3 is 35.0 Å². The first-order valence-corrected chi connectivity index (χ1v) is 21.3. The van der Waals surface area contributed by atoms with Gasteiger partial charge in [-0.25, -0.2) is 19.2 Å². The van der Waals surface area contributed by atoms with Gasteiger partial charge in [0.15, 0.2) is 5.82 Å². The van der Waals surface area contributed by atoms with Gasteiger partial charge >= 0.3 is 6.09 Å². The molecule has 6 atom stereocenters. The number of carbonyl (C=O) groups excluding carboxylic acids is 2. The molecule has 2 aliphatic carbocycles. The molecule has 4 fully saturated rings. The van der Waals surface area contributed by atoms with Crippen LogP contribution in [0, 0.1) is 17.7 Å². The van der Waals surface area contributed by atoms with E-state index in [-0.39, 0.29) is 29.7 Å². The first kappa shape index (κ1) is 35.7. The largest absolute Gasteiger partial charge is 0.464 e. The third-order valence-corrected chi connectivity index (χ3v) is 14.1. The van der Waals surface area contributed by atoms with E-state index in [4.69, 9.17) is 19.4 Å². The van der Waals surface area contributed by atoms with Gasteiger partial charge in [-0.15, -0.1) is 11.3 Å². The highest BCUT2D eigenvalue weighted by Crippen LogP contribution is 2.51. The van der Waals surface area contributed by atoms with Crippen LogP contribution in [0.2, 0.25) is 0 Å². The molecule has 7 heterocycles. The topological polar surface area (TPSA) is 142 Å². The van der Waals surface area contributed by atoms with Gasteiger partial charge in [-0.05, 0) is 92.7 Å². The molecule has 14 heteroatoms. The lowest BCUT2D eigenvalue weighted by atomic mass is 10.0. The van der Waals surface area contributed by atoms with E-state index in [1.165, 1.54) is 31.2 Å². The van der Waals surface area contributed by atoms with Crippen LogP contribution in [0.4, 0.5) is 9.18 Å². The van der Waals surface area contributed by atoms with Crippen molar-refractivity contribution in [3.8, 4) is 39.5 Å². The van der Waals surface area contributed by atoms with Crippen molar-refractivity contribution in [3.05, 3.63) is 88.1 Å². The van der Waals surface area contributed by atoms with E-state index in [1.54, 1.807) is 22.4 Å². The number of imidazole rings is 2. The lowest BCUT2D eigenvalue weighted by Gasteiger charge is -2.30. The Balaban J connectivity index is 0.934. The van der Waals surface area contributed by atoms with Crippen LogP contribution in [0.15, 0.2) is 60.9 Å². The maximum absolute atomic E-state index is 17.1. The number of aromatic amines is 2. The maximum atomic E-state index is 17.1. The Morgan fingerprint density at radius 2 is 1.72 bits per heavy atom. The Morgan fingerprint density at radius 3 is 2.48 bits per heavy atom. The van der Waals surface area contributed by atoms with Crippen molar-refractivity contribution in [2.75, 3.05) is 13.7 Å². The quantitative estimate of drug-likeness (QED) is 0.115. The lowest BCUT2D eigenvalue weighted by molar-refractivity contribution is -0.135. The fraction of sp³-hybridized carbons (Fsp3) is 0.409. The highest BCUT2D eigenvalue weighted by molar-refractivity contribution is 7.12. The van der Waals surface area contributed by atoms with Crippen LogP contribution < -0.4 is 15.4 Å². The Labute approximate surface area is 338 Å². The molecule has 2 saturated carbocycles. The van der Waals surface area contributed by atoms with E-state index in [0.717, 1.165) is 63.9 Å². The zero-order chi connectivity index (χ0) is 39.4. The van der Waals surface area contributed by atoms with Crippen LogP contribution in [0.1, 0.15) is 98.0 Å². The van der Waals surface area contributed by atoms with E-state index < -0.39 is 18.4 Å². The molecule has 58 heavy (non-hydrogen) atoms. The summed E-state index contributed by atoms with van der Waals surface area (Å²) in [6.07, 6.45) is 8.75. The molecular weight excluding hydrogens is 756 g/mol. The summed E-state index contributed by atoms with van der Waals surface area (Å²) < 4.78 is 30.9. The lowest BCUT2D eigenvalue weighted by Crippen LogP contribution is -2.51. The van der Waals surface area contributed by atoms with Crippen molar-refractivity contribution in [2.45, 2.75) is 88.7 Å². The van der Waals surface area contributed by atoms with Crippen LogP contribution in [0.25, 0.3) is 44.7 Å². The number of H-pyrrole nitrogens is 2. The molecule has 0 spiro atoms. The second-order valence-electron chi connectivity index (χ2n) is 16.9. The number of carbonyl (C=O) groups is 2. The Bertz CT molecular complexity index is 2590. The van der Waals surface area contributed by atoms with Crippen molar-refractivity contribution in [1.82, 2.24) is 40.0 Å². The summed E-state index contributed by atoms with van der Waals surface area (Å²) in [4.78, 5) is 46.5. The summed E-state index contributed by atoms with van der Waals surface area (Å²) in [7, 11) is 1.29. The van der Waals surface area contributed by atoms with E-state index >= 15 is 4.39 Å². The van der Waals surface area contributed by atoms with Crippen LogP contribution in [0.3, 0.4) is 0 Å². The van der Waals surface area contributed by atoms with Crippen molar-refractivity contribution >= 4 is 34.2 Å². The number of likely N-dealkylation sites (tertiary alicyclic amines) is 1. The van der Waals surface area contributed by atoms with Gasteiger partial charge in [0.25, 0.3) is 0 Å².